The Bertz CT molecular complexity index is 886. The summed E-state index contributed by atoms with van der Waals surface area (Å²) in [5.41, 5.74) is 3.73. The fraction of sp³-hybridized carbons (Fsp3) is 0.238. The lowest BCUT2D eigenvalue weighted by atomic mass is 9.96. The first-order valence-corrected chi connectivity index (χ1v) is 8.53. The summed E-state index contributed by atoms with van der Waals surface area (Å²) in [5.74, 6) is 0.743. The van der Waals surface area contributed by atoms with Gasteiger partial charge in [0.15, 0.2) is 0 Å². The molecule has 1 aliphatic heterocycles. The number of carbonyl (C=O) groups excluding carboxylic acids is 2. The van der Waals surface area contributed by atoms with Gasteiger partial charge in [0.25, 0.3) is 5.91 Å². The van der Waals surface area contributed by atoms with Gasteiger partial charge in [0.1, 0.15) is 11.4 Å². The van der Waals surface area contributed by atoms with E-state index < -0.39 is 6.03 Å². The van der Waals surface area contributed by atoms with Gasteiger partial charge in [-0.05, 0) is 59.9 Å². The highest BCUT2D eigenvalue weighted by atomic mass is 16.5. The van der Waals surface area contributed by atoms with Crippen LogP contribution in [0.1, 0.15) is 36.5 Å². The summed E-state index contributed by atoms with van der Waals surface area (Å²) in [4.78, 5) is 26.1. The number of ether oxygens (including phenoxy) is 1. The molecule has 0 radical (unpaired) electrons. The number of hydrogen-bond donors (Lipinski definition) is 1. The van der Waals surface area contributed by atoms with E-state index in [2.05, 4.69) is 19.2 Å². The largest absolute Gasteiger partial charge is 0.496 e. The van der Waals surface area contributed by atoms with Gasteiger partial charge in [-0.2, -0.15) is 0 Å². The minimum absolute atomic E-state index is 0.266. The Kier molecular flexibility index (Phi) is 4.80. The van der Waals surface area contributed by atoms with Crippen LogP contribution in [0, 0.1) is 6.92 Å². The van der Waals surface area contributed by atoms with Crippen LogP contribution in [0.4, 0.5) is 10.5 Å². The summed E-state index contributed by atoms with van der Waals surface area (Å²) in [6.45, 7) is 6.13. The molecule has 1 N–H and O–H groups in total. The third kappa shape index (κ3) is 3.20. The van der Waals surface area contributed by atoms with Crippen molar-refractivity contribution >= 4 is 23.7 Å². The summed E-state index contributed by atoms with van der Waals surface area (Å²) >= 11 is 0. The van der Waals surface area contributed by atoms with Gasteiger partial charge in [-0.1, -0.05) is 32.0 Å². The second-order valence-corrected chi connectivity index (χ2v) is 6.57. The molecule has 0 atom stereocenters. The van der Waals surface area contributed by atoms with Gasteiger partial charge < -0.3 is 10.1 Å². The van der Waals surface area contributed by atoms with Crippen molar-refractivity contribution < 1.29 is 14.3 Å². The number of urea groups is 1. The first-order chi connectivity index (χ1) is 12.4. The molecule has 0 unspecified atom stereocenters. The highest BCUT2D eigenvalue weighted by molar-refractivity contribution is 6.28. The Morgan fingerprint density at radius 3 is 2.42 bits per heavy atom. The second kappa shape index (κ2) is 7.04. The Morgan fingerprint density at radius 2 is 1.81 bits per heavy atom. The van der Waals surface area contributed by atoms with Crippen LogP contribution in [0.3, 0.4) is 0 Å². The van der Waals surface area contributed by atoms with Gasteiger partial charge in [-0.25, -0.2) is 9.69 Å². The molecule has 0 aliphatic carbocycles. The number of imide groups is 1. The van der Waals surface area contributed by atoms with Crippen molar-refractivity contribution in [2.24, 2.45) is 0 Å². The molecule has 2 aromatic rings. The number of hydrogen-bond acceptors (Lipinski definition) is 3. The molecule has 1 saturated heterocycles. The highest BCUT2D eigenvalue weighted by Gasteiger charge is 2.34. The number of amides is 3. The third-order valence-corrected chi connectivity index (χ3v) is 4.43. The van der Waals surface area contributed by atoms with Gasteiger partial charge in [-0.3, -0.25) is 4.79 Å². The summed E-state index contributed by atoms with van der Waals surface area (Å²) in [6.07, 6.45) is 1.73. The van der Waals surface area contributed by atoms with Crippen molar-refractivity contribution in [2.45, 2.75) is 26.7 Å². The van der Waals surface area contributed by atoms with Crippen LogP contribution in [0.5, 0.6) is 5.75 Å². The minimum atomic E-state index is -0.442. The number of nitrogens with one attached hydrogen (secondary N) is 1. The van der Waals surface area contributed by atoms with Crippen LogP contribution in [-0.2, 0) is 4.79 Å². The van der Waals surface area contributed by atoms with Gasteiger partial charge >= 0.3 is 6.03 Å². The number of anilines is 1. The predicted molar refractivity (Wildman–Crippen MR) is 102 cm³/mol. The van der Waals surface area contributed by atoms with Gasteiger partial charge in [0.2, 0.25) is 0 Å². The number of para-hydroxylation sites is 1. The summed E-state index contributed by atoms with van der Waals surface area (Å²) in [5, 5.41) is 2.67. The number of rotatable bonds is 4. The molecule has 1 fully saturated rings. The highest BCUT2D eigenvalue weighted by Crippen LogP contribution is 2.31. The molecule has 0 bridgehead atoms. The summed E-state index contributed by atoms with van der Waals surface area (Å²) < 4.78 is 5.46. The summed E-state index contributed by atoms with van der Waals surface area (Å²) in [7, 11) is 1.65. The lowest BCUT2D eigenvalue weighted by Crippen LogP contribution is -2.30. The van der Waals surface area contributed by atoms with E-state index in [0.29, 0.717) is 5.69 Å². The van der Waals surface area contributed by atoms with E-state index in [-0.39, 0.29) is 17.5 Å². The van der Waals surface area contributed by atoms with Crippen LogP contribution in [0.15, 0.2) is 48.2 Å². The van der Waals surface area contributed by atoms with Gasteiger partial charge in [0.05, 0.1) is 12.8 Å². The molecule has 2 aromatic carbocycles. The Labute approximate surface area is 153 Å². The monoisotopic (exact) mass is 350 g/mol. The molecular weight excluding hydrogens is 328 g/mol. The zero-order valence-corrected chi connectivity index (χ0v) is 15.4. The van der Waals surface area contributed by atoms with Crippen LogP contribution in [-0.4, -0.2) is 19.0 Å². The van der Waals surface area contributed by atoms with E-state index in [9.17, 15) is 9.59 Å². The predicted octanol–water partition coefficient (Wildman–Crippen LogP) is 4.22. The van der Waals surface area contributed by atoms with E-state index >= 15 is 0 Å². The van der Waals surface area contributed by atoms with E-state index in [1.807, 2.05) is 25.1 Å². The van der Waals surface area contributed by atoms with Crippen molar-refractivity contribution in [3.63, 3.8) is 0 Å². The first kappa shape index (κ1) is 17.7. The maximum Gasteiger partial charge on any atom is 0.333 e. The normalized spacial score (nSPS) is 15.7. The molecule has 1 heterocycles. The molecule has 134 valence electrons. The Balaban J connectivity index is 2.00. The topological polar surface area (TPSA) is 58.6 Å². The second-order valence-electron chi connectivity index (χ2n) is 6.57. The summed E-state index contributed by atoms with van der Waals surface area (Å²) in [6, 6.07) is 12.4. The molecule has 5 heteroatoms. The number of nitrogens with zero attached hydrogens (tertiary/aromatic N) is 1. The molecule has 3 amide bonds. The average molecular weight is 350 g/mol. The number of carbonyl (C=O) groups is 2. The van der Waals surface area contributed by atoms with E-state index in [0.717, 1.165) is 27.3 Å². The Hall–Kier alpha value is -3.08. The molecule has 0 spiro atoms. The smallest absolute Gasteiger partial charge is 0.333 e. The zero-order chi connectivity index (χ0) is 18.8. The lowest BCUT2D eigenvalue weighted by Gasteiger charge is -2.15. The van der Waals surface area contributed by atoms with E-state index in [4.69, 9.17) is 4.74 Å². The van der Waals surface area contributed by atoms with Gasteiger partial charge in [-0.15, -0.1) is 0 Å². The molecule has 1 aliphatic rings. The van der Waals surface area contributed by atoms with Crippen molar-refractivity contribution in [3.05, 3.63) is 64.9 Å². The van der Waals surface area contributed by atoms with E-state index in [1.165, 1.54) is 0 Å². The molecule has 3 rings (SSSR count). The third-order valence-electron chi connectivity index (χ3n) is 4.43. The van der Waals surface area contributed by atoms with Crippen molar-refractivity contribution in [1.29, 1.82) is 0 Å². The maximum atomic E-state index is 12.7. The first-order valence-electron chi connectivity index (χ1n) is 8.53. The Morgan fingerprint density at radius 1 is 1.12 bits per heavy atom. The van der Waals surface area contributed by atoms with E-state index in [1.54, 1.807) is 37.5 Å². The lowest BCUT2D eigenvalue weighted by molar-refractivity contribution is -0.113. The average Bonchev–Trinajstić information content (AvgIpc) is 2.90. The number of benzene rings is 2. The van der Waals surface area contributed by atoms with Crippen molar-refractivity contribution in [2.75, 3.05) is 12.0 Å². The standard InChI is InChI=1S/C21H22N2O3/c1-13(2)17-11-15(14(3)10-19(17)26-4)12-18-20(24)23(21(25)22-18)16-8-6-5-7-9-16/h5-13H,1-4H3,(H,22,25)/b18-12-. The fourth-order valence-corrected chi connectivity index (χ4v) is 3.00. The minimum Gasteiger partial charge on any atom is -0.496 e. The maximum absolute atomic E-state index is 12.7. The molecule has 26 heavy (non-hydrogen) atoms. The van der Waals surface area contributed by atoms with Gasteiger partial charge in [0, 0.05) is 0 Å². The fourth-order valence-electron chi connectivity index (χ4n) is 3.00. The van der Waals surface area contributed by atoms with Crippen LogP contribution in [0.25, 0.3) is 6.08 Å². The number of aryl methyl sites for hydroxylation is 1. The molecule has 0 saturated carbocycles. The quantitative estimate of drug-likeness (QED) is 0.663. The van der Waals surface area contributed by atoms with Crippen LogP contribution < -0.4 is 15.0 Å². The van der Waals surface area contributed by atoms with Crippen LogP contribution >= 0.6 is 0 Å². The SMILES string of the molecule is COc1cc(C)c(/C=C2\NC(=O)N(c3ccccc3)C2=O)cc1C(C)C. The molecular formula is C21H22N2O3. The van der Waals surface area contributed by atoms with Crippen molar-refractivity contribution in [1.82, 2.24) is 5.32 Å². The van der Waals surface area contributed by atoms with Crippen molar-refractivity contribution in [3.8, 4) is 5.75 Å². The van der Waals surface area contributed by atoms with Crippen LogP contribution in [0.2, 0.25) is 0 Å². The number of methoxy groups -OCH3 is 1. The zero-order valence-electron chi connectivity index (χ0n) is 15.4. The molecule has 0 aromatic heterocycles. The molecule has 5 nitrogen and oxygen atoms in total.